The maximum atomic E-state index is 13.9. The first-order chi connectivity index (χ1) is 18.5. The van der Waals surface area contributed by atoms with Gasteiger partial charge in [-0.05, 0) is 81.3 Å². The zero-order valence-corrected chi connectivity index (χ0v) is 22.8. The maximum absolute atomic E-state index is 13.9. The van der Waals surface area contributed by atoms with Gasteiger partial charge in [0.15, 0.2) is 0 Å². The van der Waals surface area contributed by atoms with Crippen LogP contribution in [0.2, 0.25) is 0 Å². The third-order valence-electron chi connectivity index (χ3n) is 8.32. The van der Waals surface area contributed by atoms with E-state index in [2.05, 4.69) is 46.8 Å². The summed E-state index contributed by atoms with van der Waals surface area (Å²) in [5.41, 5.74) is 5.94. The lowest BCUT2D eigenvalue weighted by molar-refractivity contribution is 0.0697. The van der Waals surface area contributed by atoms with E-state index in [-0.39, 0.29) is 18.6 Å². The van der Waals surface area contributed by atoms with Crippen LogP contribution in [0, 0.1) is 26.7 Å². The molecule has 2 fully saturated rings. The average molecular weight is 514 g/mol. The van der Waals surface area contributed by atoms with Gasteiger partial charge in [0.25, 0.3) is 5.91 Å². The number of piperazine rings is 1. The molecule has 7 nitrogen and oxygen atoms in total. The molecule has 0 radical (unpaired) electrons. The van der Waals surface area contributed by atoms with Crippen LogP contribution in [0.4, 0.5) is 11.5 Å². The molecule has 1 atom stereocenters. The second-order valence-electron chi connectivity index (χ2n) is 10.7. The molecule has 2 aliphatic heterocycles. The molecule has 1 N–H and O–H groups in total. The molecule has 1 amide bonds. The summed E-state index contributed by atoms with van der Waals surface area (Å²) in [6.45, 7) is 9.94. The fraction of sp³-hybridized carbons (Fsp3) is 0.452. The first kappa shape index (κ1) is 26.2. The van der Waals surface area contributed by atoms with E-state index < -0.39 is 0 Å². The molecule has 3 aromatic rings. The molecule has 0 saturated carbocycles. The number of aryl methyl sites for hydroxylation is 2. The predicted octanol–water partition coefficient (Wildman–Crippen LogP) is 4.18. The zero-order valence-electron chi connectivity index (χ0n) is 22.8. The SMILES string of the molecule is Cc1nc(C)c(C(=O)N2CCN(c3ccccc3)[C@H](CO)C2)c(C)c1CC1CCN(c2ccccn2)CC1. The molecule has 0 bridgehead atoms. The summed E-state index contributed by atoms with van der Waals surface area (Å²) in [6.07, 6.45) is 5.01. The highest BCUT2D eigenvalue weighted by atomic mass is 16.3. The van der Waals surface area contributed by atoms with Crippen LogP contribution in [-0.2, 0) is 6.42 Å². The molecule has 0 unspecified atom stereocenters. The second kappa shape index (κ2) is 11.5. The number of hydrogen-bond acceptors (Lipinski definition) is 6. The molecule has 38 heavy (non-hydrogen) atoms. The summed E-state index contributed by atoms with van der Waals surface area (Å²) < 4.78 is 0. The quantitative estimate of drug-likeness (QED) is 0.533. The molecule has 0 spiro atoms. The Morgan fingerprint density at radius 1 is 0.947 bits per heavy atom. The topological polar surface area (TPSA) is 72.8 Å². The summed E-state index contributed by atoms with van der Waals surface area (Å²) in [7, 11) is 0. The van der Waals surface area contributed by atoms with Gasteiger partial charge in [-0.2, -0.15) is 0 Å². The molecule has 2 saturated heterocycles. The summed E-state index contributed by atoms with van der Waals surface area (Å²) in [6, 6.07) is 16.1. The fourth-order valence-electron chi connectivity index (χ4n) is 6.19. The van der Waals surface area contributed by atoms with Crippen LogP contribution in [0.1, 0.15) is 45.7 Å². The number of amides is 1. The van der Waals surface area contributed by atoms with Gasteiger partial charge in [-0.25, -0.2) is 4.98 Å². The molecule has 200 valence electrons. The van der Waals surface area contributed by atoms with Crippen molar-refractivity contribution in [2.45, 2.75) is 46.1 Å². The van der Waals surface area contributed by atoms with Gasteiger partial charge in [0.05, 0.1) is 23.9 Å². The number of pyridine rings is 2. The lowest BCUT2D eigenvalue weighted by Crippen LogP contribution is -2.56. The van der Waals surface area contributed by atoms with E-state index in [0.29, 0.717) is 25.6 Å². The highest BCUT2D eigenvalue weighted by molar-refractivity contribution is 5.97. The van der Waals surface area contributed by atoms with Crippen LogP contribution in [0.5, 0.6) is 0 Å². The number of hydrogen-bond donors (Lipinski definition) is 1. The van der Waals surface area contributed by atoms with E-state index in [9.17, 15) is 9.90 Å². The van der Waals surface area contributed by atoms with Crippen LogP contribution in [0.3, 0.4) is 0 Å². The first-order valence-electron chi connectivity index (χ1n) is 13.8. The number of aromatic nitrogens is 2. The van der Waals surface area contributed by atoms with E-state index in [1.807, 2.05) is 48.4 Å². The van der Waals surface area contributed by atoms with Crippen LogP contribution in [0.15, 0.2) is 54.7 Å². The third-order valence-corrected chi connectivity index (χ3v) is 8.32. The van der Waals surface area contributed by atoms with Gasteiger partial charge in [0.2, 0.25) is 0 Å². The standard InChI is InChI=1S/C31H39N5O2/c1-22-28(19-25-12-15-34(16-13-25)29-11-7-8-14-32-29)23(2)33-24(3)30(22)31(38)35-17-18-36(27(20-35)21-37)26-9-5-4-6-10-26/h4-11,14,25,27,37H,12-13,15-21H2,1-3H3/t27-/m0/s1. The van der Waals surface area contributed by atoms with Gasteiger partial charge in [-0.15, -0.1) is 0 Å². The van der Waals surface area contributed by atoms with Gasteiger partial charge in [0.1, 0.15) is 5.82 Å². The Morgan fingerprint density at radius 3 is 2.37 bits per heavy atom. The van der Waals surface area contributed by atoms with Crippen molar-refractivity contribution in [3.63, 3.8) is 0 Å². The van der Waals surface area contributed by atoms with Crippen LogP contribution < -0.4 is 9.80 Å². The minimum absolute atomic E-state index is 0.00519. The first-order valence-corrected chi connectivity index (χ1v) is 13.8. The van der Waals surface area contributed by atoms with Crippen molar-refractivity contribution in [1.82, 2.24) is 14.9 Å². The van der Waals surface area contributed by atoms with Crippen molar-refractivity contribution in [1.29, 1.82) is 0 Å². The molecule has 7 heteroatoms. The van der Waals surface area contributed by atoms with Crippen molar-refractivity contribution < 1.29 is 9.90 Å². The lowest BCUT2D eigenvalue weighted by Gasteiger charge is -2.42. The van der Waals surface area contributed by atoms with Crippen molar-refractivity contribution in [3.05, 3.63) is 82.8 Å². The average Bonchev–Trinajstić information content (AvgIpc) is 2.96. The number of piperidine rings is 1. The van der Waals surface area contributed by atoms with Crippen LogP contribution >= 0.6 is 0 Å². The highest BCUT2D eigenvalue weighted by Gasteiger charge is 2.32. The van der Waals surface area contributed by atoms with E-state index in [0.717, 1.165) is 66.4 Å². The molecular weight excluding hydrogens is 474 g/mol. The summed E-state index contributed by atoms with van der Waals surface area (Å²) in [5, 5.41) is 10.2. The minimum Gasteiger partial charge on any atom is -0.394 e. The number of benzene rings is 1. The Morgan fingerprint density at radius 2 is 1.68 bits per heavy atom. The van der Waals surface area contributed by atoms with Crippen molar-refractivity contribution in [2.75, 3.05) is 49.1 Å². The number of rotatable bonds is 6. The predicted molar refractivity (Wildman–Crippen MR) is 152 cm³/mol. The van der Waals surface area contributed by atoms with Crippen molar-refractivity contribution >= 4 is 17.4 Å². The Hall–Kier alpha value is -3.45. The summed E-state index contributed by atoms with van der Waals surface area (Å²) in [5.74, 6) is 1.65. The fourth-order valence-corrected chi connectivity index (χ4v) is 6.19. The molecule has 0 aliphatic carbocycles. The molecule has 2 aliphatic rings. The van der Waals surface area contributed by atoms with Crippen LogP contribution in [-0.4, -0.2) is 71.3 Å². The maximum Gasteiger partial charge on any atom is 0.256 e. The number of carbonyl (C=O) groups is 1. The Labute approximate surface area is 226 Å². The van der Waals surface area contributed by atoms with Gasteiger partial charge < -0.3 is 19.8 Å². The van der Waals surface area contributed by atoms with E-state index >= 15 is 0 Å². The number of anilines is 2. The normalized spacial score (nSPS) is 18.6. The van der Waals surface area contributed by atoms with Crippen molar-refractivity contribution in [2.24, 2.45) is 5.92 Å². The highest BCUT2D eigenvalue weighted by Crippen LogP contribution is 2.30. The molecular formula is C31H39N5O2. The van der Waals surface area contributed by atoms with E-state index in [4.69, 9.17) is 4.98 Å². The molecule has 4 heterocycles. The van der Waals surface area contributed by atoms with Gasteiger partial charge in [-0.3, -0.25) is 9.78 Å². The van der Waals surface area contributed by atoms with Crippen LogP contribution in [0.25, 0.3) is 0 Å². The number of para-hydroxylation sites is 1. The second-order valence-corrected chi connectivity index (χ2v) is 10.7. The molecule has 5 rings (SSSR count). The Kier molecular flexibility index (Phi) is 7.93. The van der Waals surface area contributed by atoms with E-state index in [1.54, 1.807) is 0 Å². The molecule has 1 aromatic carbocycles. The lowest BCUT2D eigenvalue weighted by atomic mass is 9.86. The third kappa shape index (κ3) is 5.39. The largest absolute Gasteiger partial charge is 0.394 e. The number of aliphatic hydroxyl groups is 1. The molecule has 2 aromatic heterocycles. The zero-order chi connectivity index (χ0) is 26.6. The van der Waals surface area contributed by atoms with Gasteiger partial charge >= 0.3 is 0 Å². The Balaban J connectivity index is 1.30. The number of aliphatic hydroxyl groups excluding tert-OH is 1. The monoisotopic (exact) mass is 513 g/mol. The smallest absolute Gasteiger partial charge is 0.256 e. The Bertz CT molecular complexity index is 1240. The summed E-state index contributed by atoms with van der Waals surface area (Å²) in [4.78, 5) is 29.7. The minimum atomic E-state index is -0.127. The number of nitrogens with zero attached hydrogens (tertiary/aromatic N) is 5. The van der Waals surface area contributed by atoms with Gasteiger partial charge in [-0.1, -0.05) is 24.3 Å². The van der Waals surface area contributed by atoms with Crippen molar-refractivity contribution in [3.8, 4) is 0 Å². The number of carbonyl (C=O) groups excluding carboxylic acids is 1. The van der Waals surface area contributed by atoms with Gasteiger partial charge in [0, 0.05) is 50.3 Å². The summed E-state index contributed by atoms with van der Waals surface area (Å²) >= 11 is 0. The van der Waals surface area contributed by atoms with E-state index in [1.165, 1.54) is 5.56 Å².